The summed E-state index contributed by atoms with van der Waals surface area (Å²) in [7, 11) is 0. The second kappa shape index (κ2) is 7.73. The molecule has 1 aliphatic carbocycles. The molecule has 4 heterocycles. The third-order valence-corrected chi connectivity index (χ3v) is 8.27. The number of hydrogen-bond acceptors (Lipinski definition) is 5. The highest BCUT2D eigenvalue weighted by atomic mass is 32.1. The Bertz CT molecular complexity index is 994. The van der Waals surface area contributed by atoms with Crippen LogP contribution in [0, 0.1) is 18.3 Å². The lowest BCUT2D eigenvalue weighted by Crippen LogP contribution is -2.42. The Labute approximate surface area is 187 Å². The number of rotatable bonds is 5. The molecule has 31 heavy (non-hydrogen) atoms. The average Bonchev–Trinajstić information content (AvgIpc) is 3.45. The summed E-state index contributed by atoms with van der Waals surface area (Å²) in [6.07, 6.45) is 7.81. The summed E-state index contributed by atoms with van der Waals surface area (Å²) in [5, 5.41) is 3.06. The van der Waals surface area contributed by atoms with E-state index < -0.39 is 5.41 Å². The van der Waals surface area contributed by atoms with Crippen molar-refractivity contribution < 1.29 is 9.59 Å². The summed E-state index contributed by atoms with van der Waals surface area (Å²) in [6, 6.07) is 0.315. The van der Waals surface area contributed by atoms with Crippen molar-refractivity contribution in [2.75, 3.05) is 19.6 Å². The van der Waals surface area contributed by atoms with Crippen LogP contribution in [0.3, 0.4) is 0 Å². The molecular weight excluding hydrogens is 410 g/mol. The Morgan fingerprint density at radius 3 is 2.77 bits per heavy atom. The van der Waals surface area contributed by atoms with Gasteiger partial charge in [0.25, 0.3) is 0 Å². The molecule has 2 aliphatic heterocycles. The Morgan fingerprint density at radius 1 is 1.35 bits per heavy atom. The normalized spacial score (nSPS) is 26.5. The summed E-state index contributed by atoms with van der Waals surface area (Å²) in [5.74, 6) is 0.491. The second-order valence-electron chi connectivity index (χ2n) is 9.73. The first-order valence-electron chi connectivity index (χ1n) is 11.4. The van der Waals surface area contributed by atoms with Gasteiger partial charge in [-0.15, -0.1) is 11.3 Å². The van der Waals surface area contributed by atoms with Crippen LogP contribution in [0.25, 0.3) is 0 Å². The molecule has 2 aromatic rings. The number of carbonyl (C=O) groups is 2. The minimum atomic E-state index is -0.569. The van der Waals surface area contributed by atoms with Crippen LogP contribution in [0.5, 0.6) is 0 Å². The van der Waals surface area contributed by atoms with Crippen molar-refractivity contribution >= 4 is 23.2 Å². The van der Waals surface area contributed by atoms with Crippen LogP contribution in [0.1, 0.15) is 67.9 Å². The monoisotopic (exact) mass is 441 g/mol. The summed E-state index contributed by atoms with van der Waals surface area (Å²) in [5.41, 5.74) is 1.33. The SMILES string of the molecule is Cc1nc(CN2CC[C@@]3(CN(C(=O)C4CCC4)C[C@H]3c3cn(C(C)C)cn3)C2=O)cs1. The van der Waals surface area contributed by atoms with E-state index in [1.165, 1.54) is 0 Å². The van der Waals surface area contributed by atoms with Crippen LogP contribution in [0.4, 0.5) is 0 Å². The molecule has 5 rings (SSSR count). The van der Waals surface area contributed by atoms with Gasteiger partial charge in [0, 0.05) is 49.1 Å². The van der Waals surface area contributed by atoms with Crippen molar-refractivity contribution in [3.05, 3.63) is 34.3 Å². The van der Waals surface area contributed by atoms with E-state index in [0.29, 0.717) is 32.2 Å². The van der Waals surface area contributed by atoms with Gasteiger partial charge in [0.15, 0.2) is 0 Å². The number of carbonyl (C=O) groups excluding carboxylic acids is 2. The summed E-state index contributed by atoms with van der Waals surface area (Å²) in [4.78, 5) is 40.1. The molecule has 1 spiro atoms. The fourth-order valence-corrected chi connectivity index (χ4v) is 5.94. The van der Waals surface area contributed by atoms with Crippen LogP contribution in [-0.4, -0.2) is 55.8 Å². The number of amides is 2. The van der Waals surface area contributed by atoms with Gasteiger partial charge in [-0.2, -0.15) is 0 Å². The van der Waals surface area contributed by atoms with Crippen LogP contribution in [0.2, 0.25) is 0 Å². The van der Waals surface area contributed by atoms with Crippen molar-refractivity contribution in [3.8, 4) is 0 Å². The first-order valence-corrected chi connectivity index (χ1v) is 12.3. The summed E-state index contributed by atoms with van der Waals surface area (Å²) in [6.45, 7) is 8.62. The van der Waals surface area contributed by atoms with Gasteiger partial charge in [0.05, 0.1) is 34.7 Å². The van der Waals surface area contributed by atoms with Gasteiger partial charge in [-0.3, -0.25) is 9.59 Å². The molecule has 0 N–H and O–H groups in total. The number of aromatic nitrogens is 3. The molecule has 7 nitrogen and oxygen atoms in total. The molecule has 2 saturated heterocycles. The zero-order valence-corrected chi connectivity index (χ0v) is 19.4. The van der Waals surface area contributed by atoms with E-state index in [1.54, 1.807) is 11.3 Å². The van der Waals surface area contributed by atoms with Gasteiger partial charge in [-0.1, -0.05) is 6.42 Å². The molecular formula is C23H31N5O2S. The Hall–Kier alpha value is -2.22. The van der Waals surface area contributed by atoms with Crippen molar-refractivity contribution in [2.45, 2.75) is 65.0 Å². The maximum absolute atomic E-state index is 13.8. The molecule has 0 bridgehead atoms. The van der Waals surface area contributed by atoms with E-state index in [0.717, 1.165) is 42.1 Å². The highest BCUT2D eigenvalue weighted by molar-refractivity contribution is 7.09. The zero-order valence-electron chi connectivity index (χ0n) is 18.6. The van der Waals surface area contributed by atoms with Crippen molar-refractivity contribution in [2.24, 2.45) is 11.3 Å². The highest BCUT2D eigenvalue weighted by Crippen LogP contribution is 2.50. The Balaban J connectivity index is 1.44. The molecule has 3 fully saturated rings. The van der Waals surface area contributed by atoms with E-state index in [-0.39, 0.29) is 23.7 Å². The summed E-state index contributed by atoms with van der Waals surface area (Å²) < 4.78 is 2.09. The number of nitrogens with zero attached hydrogens (tertiary/aromatic N) is 5. The zero-order chi connectivity index (χ0) is 21.8. The first kappa shape index (κ1) is 20.7. The predicted octanol–water partition coefficient (Wildman–Crippen LogP) is 3.37. The van der Waals surface area contributed by atoms with E-state index in [9.17, 15) is 9.59 Å². The highest BCUT2D eigenvalue weighted by Gasteiger charge is 2.59. The topological polar surface area (TPSA) is 71.3 Å². The molecule has 0 aromatic carbocycles. The quantitative estimate of drug-likeness (QED) is 0.713. The van der Waals surface area contributed by atoms with Crippen LogP contribution in [0.15, 0.2) is 17.9 Å². The minimum absolute atomic E-state index is 0.0498. The molecule has 2 amide bonds. The molecule has 2 atom stereocenters. The van der Waals surface area contributed by atoms with Crippen molar-refractivity contribution in [1.82, 2.24) is 24.3 Å². The van der Waals surface area contributed by atoms with Crippen LogP contribution < -0.4 is 0 Å². The predicted molar refractivity (Wildman–Crippen MR) is 119 cm³/mol. The lowest BCUT2D eigenvalue weighted by atomic mass is 9.75. The maximum Gasteiger partial charge on any atom is 0.231 e. The van der Waals surface area contributed by atoms with E-state index in [4.69, 9.17) is 4.98 Å². The third-order valence-electron chi connectivity index (χ3n) is 7.44. The van der Waals surface area contributed by atoms with Gasteiger partial charge in [0.1, 0.15) is 0 Å². The van der Waals surface area contributed by atoms with Gasteiger partial charge in [0.2, 0.25) is 11.8 Å². The number of hydrogen-bond donors (Lipinski definition) is 0. The molecule has 3 aliphatic rings. The fraction of sp³-hybridized carbons (Fsp3) is 0.652. The minimum Gasteiger partial charge on any atom is -0.341 e. The van der Waals surface area contributed by atoms with Gasteiger partial charge in [-0.25, -0.2) is 9.97 Å². The fourth-order valence-electron chi connectivity index (χ4n) is 5.34. The molecule has 0 unspecified atom stereocenters. The maximum atomic E-state index is 13.8. The standard InChI is InChI=1S/C23H31N5O2S/c1-15(2)28-11-20(24-14-28)19-10-27(21(29)17-5-4-6-17)13-23(19)7-8-26(22(23)30)9-18-12-31-16(3)25-18/h11-12,14-15,17,19H,4-10,13H2,1-3H3/t19-,23-/m0/s1. The third kappa shape index (κ3) is 3.49. The number of imidazole rings is 1. The average molecular weight is 442 g/mol. The second-order valence-corrected chi connectivity index (χ2v) is 10.8. The van der Waals surface area contributed by atoms with E-state index >= 15 is 0 Å². The Morgan fingerprint density at radius 2 is 2.16 bits per heavy atom. The van der Waals surface area contributed by atoms with E-state index in [2.05, 4.69) is 29.6 Å². The smallest absolute Gasteiger partial charge is 0.231 e. The van der Waals surface area contributed by atoms with Gasteiger partial charge >= 0.3 is 0 Å². The summed E-state index contributed by atoms with van der Waals surface area (Å²) >= 11 is 1.62. The lowest BCUT2D eigenvalue weighted by Gasteiger charge is -2.30. The lowest BCUT2D eigenvalue weighted by molar-refractivity contribution is -0.139. The Kier molecular flexibility index (Phi) is 5.15. The number of likely N-dealkylation sites (tertiary alicyclic amines) is 2. The first-order chi connectivity index (χ1) is 14.9. The molecule has 8 heteroatoms. The van der Waals surface area contributed by atoms with Crippen molar-refractivity contribution in [3.63, 3.8) is 0 Å². The molecule has 2 aromatic heterocycles. The number of thiazole rings is 1. The molecule has 166 valence electrons. The van der Waals surface area contributed by atoms with Crippen molar-refractivity contribution in [1.29, 1.82) is 0 Å². The molecule has 1 saturated carbocycles. The van der Waals surface area contributed by atoms with E-state index in [1.807, 2.05) is 28.4 Å². The van der Waals surface area contributed by atoms with Crippen LogP contribution in [-0.2, 0) is 16.1 Å². The largest absolute Gasteiger partial charge is 0.341 e. The van der Waals surface area contributed by atoms with Crippen LogP contribution >= 0.6 is 11.3 Å². The molecule has 0 radical (unpaired) electrons. The number of aryl methyl sites for hydroxylation is 1. The van der Waals surface area contributed by atoms with Gasteiger partial charge < -0.3 is 14.4 Å². The van der Waals surface area contributed by atoms with Gasteiger partial charge in [-0.05, 0) is 40.0 Å².